The predicted octanol–water partition coefficient (Wildman–Crippen LogP) is 3.12. The van der Waals surface area contributed by atoms with Crippen LogP contribution < -0.4 is 10.2 Å². The highest BCUT2D eigenvalue weighted by Crippen LogP contribution is 2.34. The van der Waals surface area contributed by atoms with Gasteiger partial charge in [-0.05, 0) is 41.0 Å². The molecule has 1 fully saturated rings. The lowest BCUT2D eigenvalue weighted by molar-refractivity contribution is 0.0476. The van der Waals surface area contributed by atoms with Crippen molar-refractivity contribution in [1.29, 1.82) is 0 Å². The van der Waals surface area contributed by atoms with E-state index in [2.05, 4.69) is 22.1 Å². The Kier molecular flexibility index (Phi) is 5.92. The third-order valence-electron chi connectivity index (χ3n) is 3.87. The minimum absolute atomic E-state index is 0.00935. The van der Waals surface area contributed by atoms with Gasteiger partial charge in [-0.15, -0.1) is 0 Å². The summed E-state index contributed by atoms with van der Waals surface area (Å²) in [5.41, 5.74) is 0.160. The van der Waals surface area contributed by atoms with Gasteiger partial charge in [0, 0.05) is 6.54 Å². The van der Waals surface area contributed by atoms with Crippen LogP contribution in [0, 0.1) is 6.92 Å². The number of esters is 1. The molecule has 1 aliphatic rings. The van der Waals surface area contributed by atoms with E-state index in [0.717, 1.165) is 11.6 Å². The van der Waals surface area contributed by atoms with Crippen LogP contribution >= 0.6 is 11.3 Å². The molecule has 0 bridgehead atoms. The van der Waals surface area contributed by atoms with Crippen LogP contribution in [0.4, 0.5) is 9.93 Å². The topological polar surface area (TPSA) is 80.8 Å². The number of anilines is 1. The molecule has 8 heteroatoms. The number of nitrogens with one attached hydrogen (secondary N) is 1. The number of ether oxygens (including phenoxy) is 2. The lowest BCUT2D eigenvalue weighted by atomic mass is 9.95. The Hall–Kier alpha value is -1.83. The number of aryl methyl sites for hydroxylation is 1. The summed E-state index contributed by atoms with van der Waals surface area (Å²) in [7, 11) is 0. The van der Waals surface area contributed by atoms with Crippen molar-refractivity contribution >= 4 is 28.5 Å². The number of aromatic nitrogens is 1. The minimum atomic E-state index is -0.518. The van der Waals surface area contributed by atoms with Gasteiger partial charge in [0.05, 0.1) is 24.4 Å². The summed E-state index contributed by atoms with van der Waals surface area (Å²) in [6.07, 6.45) is 0.450. The molecular formula is C17H27N3O4S. The molecule has 0 spiro atoms. The lowest BCUT2D eigenvalue weighted by Gasteiger charge is -2.47. The largest absolute Gasteiger partial charge is 0.462 e. The first-order valence-electron chi connectivity index (χ1n) is 8.57. The maximum atomic E-state index is 12.0. The molecular weight excluding hydrogens is 342 g/mol. The third-order valence-corrected chi connectivity index (χ3v) is 5.04. The fraction of sp³-hybridized carbons (Fsp3) is 0.706. The van der Waals surface area contributed by atoms with Crippen molar-refractivity contribution in [2.24, 2.45) is 0 Å². The summed E-state index contributed by atoms with van der Waals surface area (Å²) in [4.78, 5) is 31.1. The molecule has 1 saturated heterocycles. The summed E-state index contributed by atoms with van der Waals surface area (Å²) >= 11 is 1.34. The second-order valence-corrected chi connectivity index (χ2v) is 7.99. The molecule has 0 unspecified atom stereocenters. The first kappa shape index (κ1) is 19.5. The Bertz CT molecular complexity index is 638. The number of hydrogen-bond donors (Lipinski definition) is 1. The molecule has 25 heavy (non-hydrogen) atoms. The fourth-order valence-corrected chi connectivity index (χ4v) is 3.79. The van der Waals surface area contributed by atoms with Crippen molar-refractivity contribution in [2.45, 2.75) is 65.6 Å². The van der Waals surface area contributed by atoms with E-state index in [1.54, 1.807) is 6.92 Å². The van der Waals surface area contributed by atoms with Crippen molar-refractivity contribution in [1.82, 2.24) is 10.3 Å². The Morgan fingerprint density at radius 3 is 2.60 bits per heavy atom. The van der Waals surface area contributed by atoms with E-state index < -0.39 is 11.7 Å². The van der Waals surface area contributed by atoms with Crippen LogP contribution in [0.1, 0.15) is 56.4 Å². The molecule has 140 valence electrons. The zero-order chi connectivity index (χ0) is 18.8. The van der Waals surface area contributed by atoms with Gasteiger partial charge in [-0.3, -0.25) is 0 Å². The highest BCUT2D eigenvalue weighted by Gasteiger charge is 2.41. The Morgan fingerprint density at radius 1 is 1.36 bits per heavy atom. The molecule has 7 nitrogen and oxygen atoms in total. The van der Waals surface area contributed by atoms with Crippen LogP contribution in [-0.2, 0) is 9.47 Å². The molecule has 1 amide bonds. The van der Waals surface area contributed by atoms with Crippen LogP contribution in [0.5, 0.6) is 0 Å². The molecule has 2 atom stereocenters. The monoisotopic (exact) mass is 369 g/mol. The van der Waals surface area contributed by atoms with E-state index in [4.69, 9.17) is 9.47 Å². The Morgan fingerprint density at radius 2 is 2.04 bits per heavy atom. The molecule has 2 heterocycles. The van der Waals surface area contributed by atoms with Crippen molar-refractivity contribution < 1.29 is 19.1 Å². The maximum Gasteiger partial charge on any atom is 0.408 e. The smallest absolute Gasteiger partial charge is 0.408 e. The highest BCUT2D eigenvalue weighted by atomic mass is 32.1. The SMILES string of the molecule is CCOC(=O)c1sc(N2C[C@H](NC(=O)OC(C)(C)C)[C@H]2CC)nc1C. The number of alkyl carbamates (subject to hydrolysis) is 1. The number of nitrogens with zero attached hydrogens (tertiary/aromatic N) is 2. The maximum absolute atomic E-state index is 12.0. The van der Waals surface area contributed by atoms with Gasteiger partial charge in [-0.2, -0.15) is 0 Å². The van der Waals surface area contributed by atoms with Crippen LogP contribution in [0.15, 0.2) is 0 Å². The summed E-state index contributed by atoms with van der Waals surface area (Å²) < 4.78 is 10.4. The van der Waals surface area contributed by atoms with Gasteiger partial charge in [0.1, 0.15) is 10.5 Å². The van der Waals surface area contributed by atoms with Crippen molar-refractivity contribution in [2.75, 3.05) is 18.1 Å². The zero-order valence-corrected chi connectivity index (χ0v) is 16.5. The number of carbonyl (C=O) groups excluding carboxylic acids is 2. The molecule has 0 saturated carbocycles. The molecule has 0 aliphatic carbocycles. The molecule has 1 aliphatic heterocycles. The first-order chi connectivity index (χ1) is 11.7. The van der Waals surface area contributed by atoms with Crippen molar-refractivity contribution in [3.05, 3.63) is 10.6 Å². The second kappa shape index (κ2) is 7.59. The van der Waals surface area contributed by atoms with Crippen LogP contribution in [0.25, 0.3) is 0 Å². The summed E-state index contributed by atoms with van der Waals surface area (Å²) in [5, 5.41) is 3.71. The molecule has 0 aromatic carbocycles. The van der Waals surface area contributed by atoms with Crippen molar-refractivity contribution in [3.8, 4) is 0 Å². The zero-order valence-electron chi connectivity index (χ0n) is 15.7. The summed E-state index contributed by atoms with van der Waals surface area (Å²) in [6.45, 7) is 12.2. The van der Waals surface area contributed by atoms with Gasteiger partial charge in [0.15, 0.2) is 5.13 Å². The average Bonchev–Trinajstić information content (AvgIpc) is 2.83. The number of amides is 1. The van der Waals surface area contributed by atoms with E-state index >= 15 is 0 Å². The van der Waals surface area contributed by atoms with Gasteiger partial charge in [0.25, 0.3) is 0 Å². The molecule has 0 radical (unpaired) electrons. The summed E-state index contributed by atoms with van der Waals surface area (Å²) in [5.74, 6) is -0.333. The Labute approximate surface area is 152 Å². The normalized spacial score (nSPS) is 20.0. The Balaban J connectivity index is 2.02. The average molecular weight is 369 g/mol. The number of thiazole rings is 1. The number of hydrogen-bond acceptors (Lipinski definition) is 7. The first-order valence-corrected chi connectivity index (χ1v) is 9.38. The van der Waals surface area contributed by atoms with E-state index in [-0.39, 0.29) is 18.1 Å². The van der Waals surface area contributed by atoms with Gasteiger partial charge >= 0.3 is 12.1 Å². The van der Waals surface area contributed by atoms with Gasteiger partial charge in [-0.1, -0.05) is 18.3 Å². The van der Waals surface area contributed by atoms with E-state index in [0.29, 0.717) is 23.7 Å². The van der Waals surface area contributed by atoms with Gasteiger partial charge < -0.3 is 19.7 Å². The minimum Gasteiger partial charge on any atom is -0.462 e. The molecule has 1 aromatic heterocycles. The summed E-state index contributed by atoms with van der Waals surface area (Å²) in [6, 6.07) is 0.142. The number of rotatable bonds is 5. The second-order valence-electron chi connectivity index (χ2n) is 7.01. The molecule has 1 N–H and O–H groups in total. The van der Waals surface area contributed by atoms with Crippen LogP contribution in [-0.4, -0.2) is 47.9 Å². The van der Waals surface area contributed by atoms with Crippen LogP contribution in [0.2, 0.25) is 0 Å². The van der Waals surface area contributed by atoms with Gasteiger partial charge in [-0.25, -0.2) is 14.6 Å². The number of carbonyl (C=O) groups is 2. The van der Waals surface area contributed by atoms with E-state index in [1.165, 1.54) is 11.3 Å². The lowest BCUT2D eigenvalue weighted by Crippen LogP contribution is -2.67. The predicted molar refractivity (Wildman–Crippen MR) is 97.4 cm³/mol. The van der Waals surface area contributed by atoms with Gasteiger partial charge in [0.2, 0.25) is 0 Å². The highest BCUT2D eigenvalue weighted by molar-refractivity contribution is 7.17. The van der Waals surface area contributed by atoms with E-state index in [9.17, 15) is 9.59 Å². The van der Waals surface area contributed by atoms with E-state index in [1.807, 2.05) is 27.7 Å². The molecule has 2 rings (SSSR count). The quantitative estimate of drug-likeness (QED) is 0.803. The third kappa shape index (κ3) is 4.62. The van der Waals surface area contributed by atoms with Crippen molar-refractivity contribution in [3.63, 3.8) is 0 Å². The molecule has 1 aromatic rings. The standard InChI is InChI=1S/C17H27N3O4S/c1-7-12-11(19-16(22)24-17(4,5)6)9-20(12)15-18-10(3)13(25-15)14(21)23-8-2/h11-12H,7-9H2,1-6H3,(H,19,22)/t11-,12+/m0/s1. The fourth-order valence-electron chi connectivity index (χ4n) is 2.76. The van der Waals surface area contributed by atoms with Crippen LogP contribution in [0.3, 0.4) is 0 Å².